The molecule has 0 spiro atoms. The second-order valence-corrected chi connectivity index (χ2v) is 5.00. The van der Waals surface area contributed by atoms with Gasteiger partial charge in [0.15, 0.2) is 0 Å². The molecular weight excluding hydrogens is 120 g/mol. The average molecular weight is 136 g/mol. The van der Waals surface area contributed by atoms with Crippen molar-refractivity contribution in [1.82, 2.24) is 0 Å². The zero-order valence-corrected chi connectivity index (χ0v) is 6.82. The highest BCUT2D eigenvalue weighted by molar-refractivity contribution is 5.20. The van der Waals surface area contributed by atoms with Gasteiger partial charge in [-0.1, -0.05) is 13.3 Å². The van der Waals surface area contributed by atoms with E-state index in [1.165, 1.54) is 0 Å². The van der Waals surface area contributed by atoms with Crippen LogP contribution >= 0.6 is 0 Å². The first-order valence-corrected chi connectivity index (χ1v) is 4.77. The molecule has 0 aromatic rings. The van der Waals surface area contributed by atoms with Gasteiger partial charge in [0.05, 0.1) is 0 Å². The molecule has 0 saturated heterocycles. The molecule has 10 heavy (non-hydrogen) atoms. The van der Waals surface area contributed by atoms with E-state index in [2.05, 4.69) is 6.92 Å². The van der Waals surface area contributed by atoms with Gasteiger partial charge in [-0.05, 0) is 48.9 Å². The van der Waals surface area contributed by atoms with E-state index in [-0.39, 0.29) is 0 Å². The first-order chi connectivity index (χ1) is 4.77. The van der Waals surface area contributed by atoms with Gasteiger partial charge in [-0.15, -0.1) is 0 Å². The van der Waals surface area contributed by atoms with Crippen molar-refractivity contribution in [3.05, 3.63) is 0 Å². The molecule has 3 atom stereocenters. The Labute approximate surface area is 63.0 Å². The predicted octanol–water partition coefficient (Wildman–Crippen LogP) is 2.98. The molecule has 56 valence electrons. The van der Waals surface area contributed by atoms with E-state index < -0.39 is 0 Å². The molecule has 0 heteroatoms. The number of hydrogen-bond acceptors (Lipinski definition) is 0. The van der Waals surface area contributed by atoms with Crippen LogP contribution < -0.4 is 0 Å². The van der Waals surface area contributed by atoms with E-state index in [1.54, 1.807) is 38.5 Å². The molecule has 0 radical (unpaired) electrons. The molecule has 3 fully saturated rings. The maximum absolute atomic E-state index is 2.55. The molecule has 0 N–H and O–H groups in total. The molecular formula is C10H16. The fourth-order valence-corrected chi connectivity index (χ4v) is 4.03. The molecule has 2 bridgehead atoms. The van der Waals surface area contributed by atoms with Gasteiger partial charge in [0, 0.05) is 0 Å². The second kappa shape index (κ2) is 1.31. The summed E-state index contributed by atoms with van der Waals surface area (Å²) in [5.74, 6) is 1.14. The van der Waals surface area contributed by atoms with Gasteiger partial charge in [-0.2, -0.15) is 0 Å². The van der Waals surface area contributed by atoms with E-state index in [0.717, 1.165) is 16.7 Å². The van der Waals surface area contributed by atoms with Gasteiger partial charge < -0.3 is 0 Å². The summed E-state index contributed by atoms with van der Waals surface area (Å²) < 4.78 is 0. The molecule has 3 aliphatic carbocycles. The third kappa shape index (κ3) is 0.383. The van der Waals surface area contributed by atoms with Crippen LogP contribution in [0.2, 0.25) is 0 Å². The Balaban J connectivity index is 2.05. The van der Waals surface area contributed by atoms with Crippen molar-refractivity contribution in [3.8, 4) is 0 Å². The second-order valence-electron chi connectivity index (χ2n) is 5.00. The van der Waals surface area contributed by atoms with Gasteiger partial charge in [-0.3, -0.25) is 0 Å². The van der Waals surface area contributed by atoms with E-state index in [0.29, 0.717) is 0 Å². The lowest BCUT2D eigenvalue weighted by Crippen LogP contribution is -2.16. The van der Waals surface area contributed by atoms with Gasteiger partial charge in [-0.25, -0.2) is 0 Å². The zero-order valence-electron chi connectivity index (χ0n) is 6.82. The van der Waals surface area contributed by atoms with E-state index >= 15 is 0 Å². The minimum atomic E-state index is 0.852. The first-order valence-electron chi connectivity index (χ1n) is 4.77. The maximum Gasteiger partial charge on any atom is -0.0235 e. The Hall–Kier alpha value is 0. The molecule has 0 aliphatic heterocycles. The Kier molecular flexibility index (Phi) is 0.735. The number of hydrogen-bond donors (Lipinski definition) is 0. The monoisotopic (exact) mass is 136 g/mol. The highest BCUT2D eigenvalue weighted by Crippen LogP contribution is 2.80. The zero-order chi connectivity index (χ0) is 6.82. The van der Waals surface area contributed by atoms with E-state index in [4.69, 9.17) is 0 Å². The highest BCUT2D eigenvalue weighted by Gasteiger charge is 2.71. The maximum atomic E-state index is 2.55. The summed E-state index contributed by atoms with van der Waals surface area (Å²) in [6.07, 6.45) is 9.40. The van der Waals surface area contributed by atoms with Crippen molar-refractivity contribution < 1.29 is 0 Å². The van der Waals surface area contributed by atoms with Crippen molar-refractivity contribution in [2.45, 2.75) is 45.4 Å². The third-order valence-corrected chi connectivity index (χ3v) is 4.87. The summed E-state index contributed by atoms with van der Waals surface area (Å²) in [5, 5.41) is 0. The van der Waals surface area contributed by atoms with Crippen molar-refractivity contribution in [2.24, 2.45) is 16.7 Å². The van der Waals surface area contributed by atoms with Crippen LogP contribution in [-0.2, 0) is 0 Å². The Morgan fingerprint density at radius 2 is 2.10 bits per heavy atom. The Morgan fingerprint density at radius 3 is 2.70 bits per heavy atom. The molecule has 0 aromatic heterocycles. The van der Waals surface area contributed by atoms with Crippen LogP contribution in [0.1, 0.15) is 45.4 Å². The highest BCUT2D eigenvalue weighted by atomic mass is 14.8. The molecule has 3 saturated carbocycles. The topological polar surface area (TPSA) is 0 Å². The predicted molar refractivity (Wildman–Crippen MR) is 41.7 cm³/mol. The van der Waals surface area contributed by atoms with Crippen molar-refractivity contribution in [3.63, 3.8) is 0 Å². The van der Waals surface area contributed by atoms with Gasteiger partial charge >= 0.3 is 0 Å². The van der Waals surface area contributed by atoms with Crippen molar-refractivity contribution in [2.75, 3.05) is 0 Å². The van der Waals surface area contributed by atoms with Crippen LogP contribution in [0.3, 0.4) is 0 Å². The van der Waals surface area contributed by atoms with Crippen LogP contribution in [0.25, 0.3) is 0 Å². The summed E-state index contributed by atoms with van der Waals surface area (Å²) in [4.78, 5) is 0. The molecule has 3 aliphatic rings. The normalized spacial score (nSPS) is 63.9. The van der Waals surface area contributed by atoms with Crippen molar-refractivity contribution >= 4 is 0 Å². The molecule has 3 rings (SSSR count). The van der Waals surface area contributed by atoms with Gasteiger partial charge in [0.1, 0.15) is 0 Å². The van der Waals surface area contributed by atoms with E-state index in [9.17, 15) is 0 Å². The van der Waals surface area contributed by atoms with Gasteiger partial charge in [0.2, 0.25) is 0 Å². The van der Waals surface area contributed by atoms with Crippen LogP contribution in [0.5, 0.6) is 0 Å². The first kappa shape index (κ1) is 5.62. The standard InChI is InChI=1S/C10H16/c1-9-7-10(9)5-2-3-8(9)4-6-10/h8H,2-7H2,1H3. The summed E-state index contributed by atoms with van der Waals surface area (Å²) >= 11 is 0. The quantitative estimate of drug-likeness (QED) is 0.480. The average Bonchev–Trinajstić information content (AvgIpc) is 2.51. The van der Waals surface area contributed by atoms with Crippen LogP contribution in [0.15, 0.2) is 0 Å². The molecule has 0 nitrogen and oxygen atoms in total. The summed E-state index contributed by atoms with van der Waals surface area (Å²) in [7, 11) is 0. The largest absolute Gasteiger partial charge is 0.0588 e. The molecule has 3 unspecified atom stereocenters. The number of rotatable bonds is 0. The summed E-state index contributed by atoms with van der Waals surface area (Å²) in [5.41, 5.74) is 1.75. The lowest BCUT2D eigenvalue weighted by Gasteiger charge is -2.25. The van der Waals surface area contributed by atoms with Gasteiger partial charge in [0.25, 0.3) is 0 Å². The lowest BCUT2D eigenvalue weighted by molar-refractivity contribution is 0.245. The molecule has 0 aromatic carbocycles. The summed E-state index contributed by atoms with van der Waals surface area (Å²) in [6.45, 7) is 2.55. The van der Waals surface area contributed by atoms with Crippen LogP contribution in [0.4, 0.5) is 0 Å². The Morgan fingerprint density at radius 1 is 1.20 bits per heavy atom. The molecule has 0 amide bonds. The smallest absolute Gasteiger partial charge is 0.0235 e. The fraction of sp³-hybridized carbons (Fsp3) is 1.00. The van der Waals surface area contributed by atoms with Crippen LogP contribution in [0, 0.1) is 16.7 Å². The summed E-state index contributed by atoms with van der Waals surface area (Å²) in [6, 6.07) is 0. The van der Waals surface area contributed by atoms with Crippen molar-refractivity contribution in [1.29, 1.82) is 0 Å². The van der Waals surface area contributed by atoms with E-state index in [1.807, 2.05) is 0 Å². The molecule has 0 heterocycles. The Bertz CT molecular complexity index is 170. The minimum Gasteiger partial charge on any atom is -0.0588 e. The van der Waals surface area contributed by atoms with Crippen LogP contribution in [-0.4, -0.2) is 0 Å². The SMILES string of the molecule is CC12CC13CCCC2CC3. The fourth-order valence-electron chi connectivity index (χ4n) is 4.03. The minimum absolute atomic E-state index is 0.852. The lowest BCUT2D eigenvalue weighted by atomic mass is 9.80. The third-order valence-electron chi connectivity index (χ3n) is 4.87.